The summed E-state index contributed by atoms with van der Waals surface area (Å²) in [6.45, 7) is 2.22. The van der Waals surface area contributed by atoms with Crippen LogP contribution in [0, 0.1) is 5.82 Å². The van der Waals surface area contributed by atoms with E-state index in [2.05, 4.69) is 20.8 Å². The molecule has 19 heteroatoms. The van der Waals surface area contributed by atoms with Crippen molar-refractivity contribution in [2.24, 2.45) is 0 Å². The molecule has 0 atom stereocenters. The number of piperidine rings is 1. The van der Waals surface area contributed by atoms with Crippen LogP contribution in [-0.2, 0) is 30.8 Å². The molecule has 4 N–H and O–H groups in total. The first-order chi connectivity index (χ1) is 34.3. The zero-order chi connectivity index (χ0) is 50.3. The van der Waals surface area contributed by atoms with Crippen molar-refractivity contribution < 1.29 is 46.6 Å². The van der Waals surface area contributed by atoms with E-state index in [0.29, 0.717) is 112 Å². The van der Waals surface area contributed by atoms with Gasteiger partial charge in [-0.15, -0.1) is 0 Å². The summed E-state index contributed by atoms with van der Waals surface area (Å²) < 4.78 is 48.8. The Balaban J connectivity index is 0.705. The number of aromatic amines is 1. The standard InChI is InChI=1S/C52H60FN7O10S/c53-45-22-13-36(34-46-42-9-7-8-10-43(42)51(66)57-56-46)33-44(45)52(67)59-30-28-58(29-31-59)48(62)12-6-4-2-1-3-5-11-47(61)54-25-32-70-40-18-14-37(15-19-40)38-23-26-60(27-24-38)71(68,69)41-20-16-39(17-21-41)50(65)55-35-49(63)64/h7-10,13-22,33,38H,1-6,11-12,23-32,34-35H2,(H,54,61)(H,55,65)(H,57,66)(H,63,64). The van der Waals surface area contributed by atoms with Crippen LogP contribution in [0.5, 0.6) is 5.75 Å². The van der Waals surface area contributed by atoms with Gasteiger partial charge in [-0.25, -0.2) is 17.9 Å². The fourth-order valence-corrected chi connectivity index (χ4v) is 10.5. The fourth-order valence-electron chi connectivity index (χ4n) is 9.00. The molecule has 7 rings (SSSR count). The van der Waals surface area contributed by atoms with E-state index in [1.165, 1.54) is 40.7 Å². The van der Waals surface area contributed by atoms with Crippen LogP contribution in [0.1, 0.15) is 108 Å². The highest BCUT2D eigenvalue weighted by Gasteiger charge is 2.31. The van der Waals surface area contributed by atoms with Crippen molar-refractivity contribution in [1.82, 2.24) is 34.9 Å². The Hall–Kier alpha value is -6.99. The largest absolute Gasteiger partial charge is 0.492 e. The number of sulfonamides is 1. The van der Waals surface area contributed by atoms with Gasteiger partial charge in [-0.05, 0) is 97.3 Å². The minimum absolute atomic E-state index is 0.0326. The van der Waals surface area contributed by atoms with Crippen molar-refractivity contribution in [3.8, 4) is 5.75 Å². The number of H-pyrrole nitrogens is 1. The molecule has 71 heavy (non-hydrogen) atoms. The van der Waals surface area contributed by atoms with E-state index in [4.69, 9.17) is 9.84 Å². The van der Waals surface area contributed by atoms with Crippen LogP contribution in [-0.4, -0.2) is 126 Å². The van der Waals surface area contributed by atoms with Crippen LogP contribution in [0.3, 0.4) is 0 Å². The van der Waals surface area contributed by atoms with Gasteiger partial charge in [0, 0.05) is 69.5 Å². The maximum atomic E-state index is 15.0. The molecule has 0 unspecified atom stereocenters. The topological polar surface area (TPSA) is 228 Å². The lowest BCUT2D eigenvalue weighted by atomic mass is 9.90. The summed E-state index contributed by atoms with van der Waals surface area (Å²) in [6, 6.07) is 24.7. The number of halogens is 1. The number of fused-ring (bicyclic) bond motifs is 1. The van der Waals surface area contributed by atoms with E-state index >= 15 is 0 Å². The third-order valence-corrected chi connectivity index (χ3v) is 14.9. The van der Waals surface area contributed by atoms with Crippen molar-refractivity contribution in [3.05, 3.63) is 135 Å². The van der Waals surface area contributed by atoms with E-state index in [0.717, 1.165) is 44.1 Å². The highest BCUT2D eigenvalue weighted by molar-refractivity contribution is 7.89. The van der Waals surface area contributed by atoms with Crippen LogP contribution in [0.25, 0.3) is 10.8 Å². The number of carbonyl (C=O) groups excluding carboxylic acids is 4. The van der Waals surface area contributed by atoms with Gasteiger partial charge in [0.2, 0.25) is 21.8 Å². The molecule has 2 aliphatic rings. The third-order valence-electron chi connectivity index (χ3n) is 13.0. The van der Waals surface area contributed by atoms with Gasteiger partial charge in [-0.1, -0.05) is 62.1 Å². The number of ether oxygens (including phenoxy) is 1. The molecule has 376 valence electrons. The number of carbonyl (C=O) groups is 5. The molecule has 2 aliphatic heterocycles. The zero-order valence-electron chi connectivity index (χ0n) is 39.6. The summed E-state index contributed by atoms with van der Waals surface area (Å²) in [5.74, 6) is -1.97. The lowest BCUT2D eigenvalue weighted by Crippen LogP contribution is -2.50. The quantitative estimate of drug-likeness (QED) is 0.0621. The van der Waals surface area contributed by atoms with Crippen LogP contribution in [0.2, 0.25) is 0 Å². The van der Waals surface area contributed by atoms with Crippen LogP contribution in [0.4, 0.5) is 4.39 Å². The van der Waals surface area contributed by atoms with Crippen LogP contribution < -0.4 is 20.9 Å². The van der Waals surface area contributed by atoms with Crippen molar-refractivity contribution in [3.63, 3.8) is 0 Å². The molecule has 0 bridgehead atoms. The molecular formula is C52H60FN7O10S. The van der Waals surface area contributed by atoms with Crippen molar-refractivity contribution >= 4 is 50.4 Å². The molecule has 5 aromatic rings. The maximum Gasteiger partial charge on any atom is 0.322 e. The molecule has 1 aromatic heterocycles. The number of carboxylic acid groups (broad SMARTS) is 1. The normalized spacial score (nSPS) is 14.5. The number of hydrogen-bond donors (Lipinski definition) is 4. The van der Waals surface area contributed by atoms with E-state index < -0.39 is 40.2 Å². The number of aromatic nitrogens is 2. The Morgan fingerprint density at radius 2 is 1.41 bits per heavy atom. The first kappa shape index (κ1) is 51.8. The van der Waals surface area contributed by atoms with Gasteiger partial charge in [0.15, 0.2) is 0 Å². The summed E-state index contributed by atoms with van der Waals surface area (Å²) in [6.07, 6.45) is 7.68. The summed E-state index contributed by atoms with van der Waals surface area (Å²) in [4.78, 5) is 77.2. The first-order valence-electron chi connectivity index (χ1n) is 24.2. The molecule has 2 saturated heterocycles. The van der Waals surface area contributed by atoms with Crippen molar-refractivity contribution in [2.45, 2.75) is 81.4 Å². The molecule has 0 radical (unpaired) electrons. The van der Waals surface area contributed by atoms with Gasteiger partial charge in [-0.2, -0.15) is 9.40 Å². The first-order valence-corrected chi connectivity index (χ1v) is 25.6. The summed E-state index contributed by atoms with van der Waals surface area (Å²) in [5, 5.41) is 21.8. The molecule has 3 heterocycles. The molecule has 2 fully saturated rings. The number of aliphatic carboxylic acids is 1. The van der Waals surface area contributed by atoms with Gasteiger partial charge in [0.1, 0.15) is 24.7 Å². The number of nitrogens with zero attached hydrogens (tertiary/aromatic N) is 4. The lowest BCUT2D eigenvalue weighted by Gasteiger charge is -2.35. The predicted molar refractivity (Wildman–Crippen MR) is 263 cm³/mol. The molecule has 17 nitrogen and oxygen atoms in total. The second-order valence-corrected chi connectivity index (χ2v) is 19.8. The second kappa shape index (κ2) is 24.7. The number of nitrogens with one attached hydrogen (secondary N) is 3. The van der Waals surface area contributed by atoms with Gasteiger partial charge in [0.05, 0.1) is 28.1 Å². The number of benzene rings is 4. The van der Waals surface area contributed by atoms with Crippen molar-refractivity contribution in [1.29, 1.82) is 0 Å². The van der Waals surface area contributed by atoms with Crippen molar-refractivity contribution in [2.75, 3.05) is 59.0 Å². The molecule has 4 aromatic carbocycles. The highest BCUT2D eigenvalue weighted by Crippen LogP contribution is 2.32. The molecule has 0 saturated carbocycles. The smallest absolute Gasteiger partial charge is 0.322 e. The van der Waals surface area contributed by atoms with Crippen LogP contribution >= 0.6 is 0 Å². The average Bonchev–Trinajstić information content (AvgIpc) is 3.39. The van der Waals surface area contributed by atoms with Gasteiger partial charge < -0.3 is 30.3 Å². The van der Waals surface area contributed by atoms with E-state index in [1.54, 1.807) is 28.0 Å². The molecule has 0 spiro atoms. The third kappa shape index (κ3) is 14.1. The fraction of sp³-hybridized carbons (Fsp3) is 0.404. The molecule has 0 aliphatic carbocycles. The maximum absolute atomic E-state index is 15.0. The monoisotopic (exact) mass is 993 g/mol. The minimum atomic E-state index is -3.77. The van der Waals surface area contributed by atoms with Crippen LogP contribution in [0.15, 0.2) is 101 Å². The number of piperazine rings is 1. The van der Waals surface area contributed by atoms with Gasteiger partial charge in [0.25, 0.3) is 17.4 Å². The summed E-state index contributed by atoms with van der Waals surface area (Å²) >= 11 is 0. The number of rotatable bonds is 22. The van der Waals surface area contributed by atoms with Gasteiger partial charge in [-0.3, -0.25) is 28.8 Å². The SMILES string of the molecule is O=C(O)CNC(=O)c1ccc(S(=O)(=O)N2CCC(c3ccc(OCCNC(=O)CCCCCCCCC(=O)N4CCN(C(=O)c5cc(Cc6n[nH]c(=O)c7ccccc67)ccc5F)CC4)cc3)CC2)cc1. The zero-order valence-corrected chi connectivity index (χ0v) is 40.4. The summed E-state index contributed by atoms with van der Waals surface area (Å²) in [5.41, 5.74) is 2.22. The lowest BCUT2D eigenvalue weighted by molar-refractivity contribution is -0.136. The summed E-state index contributed by atoms with van der Waals surface area (Å²) in [7, 11) is -3.77. The Bertz CT molecular complexity index is 2840. The Labute approximate surface area is 411 Å². The minimum Gasteiger partial charge on any atom is -0.492 e. The molecule has 4 amide bonds. The number of hydrogen-bond acceptors (Lipinski definition) is 10. The second-order valence-electron chi connectivity index (χ2n) is 17.9. The van der Waals surface area contributed by atoms with E-state index in [9.17, 15) is 41.6 Å². The average molecular weight is 994 g/mol. The number of unbranched alkanes of at least 4 members (excludes halogenated alkanes) is 5. The Kier molecular flexibility index (Phi) is 18.0. The molecular weight excluding hydrogens is 934 g/mol. The van der Waals surface area contributed by atoms with Gasteiger partial charge >= 0.3 is 5.97 Å². The number of carboxylic acids is 1. The number of amides is 4. The van der Waals surface area contributed by atoms with E-state index in [-0.39, 0.29) is 39.3 Å². The Morgan fingerprint density at radius 1 is 0.761 bits per heavy atom. The Morgan fingerprint density at radius 3 is 2.10 bits per heavy atom. The highest BCUT2D eigenvalue weighted by atomic mass is 32.2. The predicted octanol–water partition coefficient (Wildman–Crippen LogP) is 5.64. The van der Waals surface area contributed by atoms with E-state index in [1.807, 2.05) is 36.4 Å².